The highest BCUT2D eigenvalue weighted by Crippen LogP contribution is 2.34. The standard InChI is InChI=1S/C16H20N6OS/c1-3-11-6-12-14(18-8-19-16(12)24-11)17-7-10-4-5-23-13(10)15-20-9(2)21-22-15/h6,8,10,13H,3-5,7H2,1-2H3,(H,17,18,19)(H,20,21,22)/t10-,13-/m0/s1. The lowest BCUT2D eigenvalue weighted by Gasteiger charge is -2.16. The Hall–Kier alpha value is -2.06. The van der Waals surface area contributed by atoms with Gasteiger partial charge in [0.05, 0.1) is 5.39 Å². The molecule has 3 aromatic rings. The van der Waals surface area contributed by atoms with Gasteiger partial charge in [-0.25, -0.2) is 15.0 Å². The predicted octanol–water partition coefficient (Wildman–Crippen LogP) is 2.87. The number of hydrogen-bond donors (Lipinski definition) is 2. The highest BCUT2D eigenvalue weighted by molar-refractivity contribution is 7.18. The molecule has 0 aromatic carbocycles. The summed E-state index contributed by atoms with van der Waals surface area (Å²) >= 11 is 1.73. The normalized spacial score (nSPS) is 20.8. The predicted molar refractivity (Wildman–Crippen MR) is 93.2 cm³/mol. The minimum atomic E-state index is -0.0616. The molecule has 4 rings (SSSR count). The lowest BCUT2D eigenvalue weighted by molar-refractivity contribution is 0.0863. The summed E-state index contributed by atoms with van der Waals surface area (Å²) in [7, 11) is 0. The summed E-state index contributed by atoms with van der Waals surface area (Å²) in [4.78, 5) is 15.6. The smallest absolute Gasteiger partial charge is 0.179 e. The van der Waals surface area contributed by atoms with Crippen LogP contribution in [0, 0.1) is 12.8 Å². The van der Waals surface area contributed by atoms with E-state index in [0.717, 1.165) is 53.7 Å². The van der Waals surface area contributed by atoms with E-state index in [-0.39, 0.29) is 6.10 Å². The second kappa shape index (κ2) is 6.45. The highest BCUT2D eigenvalue weighted by atomic mass is 32.1. The molecule has 0 radical (unpaired) electrons. The summed E-state index contributed by atoms with van der Waals surface area (Å²) in [5.41, 5.74) is 0. The average molecular weight is 344 g/mol. The van der Waals surface area contributed by atoms with Crippen molar-refractivity contribution in [1.29, 1.82) is 0 Å². The molecule has 0 amide bonds. The summed E-state index contributed by atoms with van der Waals surface area (Å²) in [5.74, 6) is 2.78. The number of thiophene rings is 1. The van der Waals surface area contributed by atoms with Crippen molar-refractivity contribution in [3.63, 3.8) is 0 Å². The third-order valence-electron chi connectivity index (χ3n) is 4.34. The van der Waals surface area contributed by atoms with Gasteiger partial charge in [0.25, 0.3) is 0 Å². The molecule has 126 valence electrons. The molecule has 0 aliphatic carbocycles. The summed E-state index contributed by atoms with van der Waals surface area (Å²) in [5, 5.41) is 11.7. The van der Waals surface area contributed by atoms with Crippen LogP contribution in [-0.2, 0) is 11.2 Å². The van der Waals surface area contributed by atoms with Gasteiger partial charge in [-0.1, -0.05) is 6.92 Å². The van der Waals surface area contributed by atoms with Gasteiger partial charge in [-0.05, 0) is 25.8 Å². The molecule has 1 fully saturated rings. The fraction of sp³-hybridized carbons (Fsp3) is 0.500. The molecular formula is C16H20N6OS. The molecule has 1 saturated heterocycles. The number of nitrogens with zero attached hydrogens (tertiary/aromatic N) is 4. The van der Waals surface area contributed by atoms with Crippen LogP contribution in [0.4, 0.5) is 5.82 Å². The van der Waals surface area contributed by atoms with E-state index in [1.165, 1.54) is 4.88 Å². The Bertz CT molecular complexity index is 844. The van der Waals surface area contributed by atoms with E-state index in [2.05, 4.69) is 43.5 Å². The minimum absolute atomic E-state index is 0.0616. The Labute approximate surface area is 143 Å². The van der Waals surface area contributed by atoms with Crippen LogP contribution < -0.4 is 5.32 Å². The molecule has 0 spiro atoms. The number of rotatable bonds is 5. The SMILES string of the molecule is CCc1cc2c(NC[C@@H]3CCO[C@@H]3c3n[nH]c(C)n3)ncnc2s1. The third-order valence-corrected chi connectivity index (χ3v) is 5.53. The van der Waals surface area contributed by atoms with Gasteiger partial charge in [-0.2, -0.15) is 5.10 Å². The molecule has 8 heteroatoms. The van der Waals surface area contributed by atoms with Crippen LogP contribution in [0.3, 0.4) is 0 Å². The molecule has 3 aromatic heterocycles. The molecule has 2 atom stereocenters. The Morgan fingerprint density at radius 3 is 3.12 bits per heavy atom. The van der Waals surface area contributed by atoms with Crippen molar-refractivity contribution in [2.75, 3.05) is 18.5 Å². The van der Waals surface area contributed by atoms with Crippen molar-refractivity contribution in [3.8, 4) is 0 Å². The van der Waals surface area contributed by atoms with Gasteiger partial charge in [0, 0.05) is 23.9 Å². The quantitative estimate of drug-likeness (QED) is 0.740. The highest BCUT2D eigenvalue weighted by Gasteiger charge is 2.32. The first-order valence-corrected chi connectivity index (χ1v) is 9.04. The lowest BCUT2D eigenvalue weighted by Crippen LogP contribution is -2.19. The van der Waals surface area contributed by atoms with E-state index in [9.17, 15) is 0 Å². The first-order chi connectivity index (χ1) is 11.7. The fourth-order valence-corrected chi connectivity index (χ4v) is 4.00. The number of ether oxygens (including phenoxy) is 1. The molecule has 7 nitrogen and oxygen atoms in total. The Balaban J connectivity index is 1.51. The van der Waals surface area contributed by atoms with Gasteiger partial charge >= 0.3 is 0 Å². The zero-order chi connectivity index (χ0) is 16.5. The first-order valence-electron chi connectivity index (χ1n) is 8.22. The van der Waals surface area contributed by atoms with E-state index in [4.69, 9.17) is 4.74 Å². The largest absolute Gasteiger partial charge is 0.370 e. The van der Waals surface area contributed by atoms with Crippen molar-refractivity contribution in [2.24, 2.45) is 5.92 Å². The Morgan fingerprint density at radius 2 is 2.33 bits per heavy atom. The topological polar surface area (TPSA) is 88.6 Å². The Kier molecular flexibility index (Phi) is 4.15. The van der Waals surface area contributed by atoms with Gasteiger partial charge in [-0.3, -0.25) is 5.10 Å². The molecule has 2 N–H and O–H groups in total. The van der Waals surface area contributed by atoms with Crippen LogP contribution in [-0.4, -0.2) is 38.3 Å². The summed E-state index contributed by atoms with van der Waals surface area (Å²) in [6, 6.07) is 2.18. The van der Waals surface area contributed by atoms with Crippen LogP contribution in [0.1, 0.15) is 36.0 Å². The van der Waals surface area contributed by atoms with Gasteiger partial charge in [-0.15, -0.1) is 11.3 Å². The maximum absolute atomic E-state index is 5.85. The van der Waals surface area contributed by atoms with E-state index in [0.29, 0.717) is 5.92 Å². The number of hydrogen-bond acceptors (Lipinski definition) is 7. The van der Waals surface area contributed by atoms with Crippen molar-refractivity contribution < 1.29 is 4.74 Å². The number of aryl methyl sites for hydroxylation is 2. The van der Waals surface area contributed by atoms with Crippen molar-refractivity contribution in [1.82, 2.24) is 25.1 Å². The van der Waals surface area contributed by atoms with Crippen molar-refractivity contribution in [3.05, 3.63) is 28.9 Å². The van der Waals surface area contributed by atoms with E-state index in [1.807, 2.05) is 6.92 Å². The number of aromatic nitrogens is 5. The van der Waals surface area contributed by atoms with Gasteiger partial charge in [0.2, 0.25) is 0 Å². The van der Waals surface area contributed by atoms with E-state index in [1.54, 1.807) is 17.7 Å². The monoisotopic (exact) mass is 344 g/mol. The molecule has 0 unspecified atom stereocenters. The van der Waals surface area contributed by atoms with Crippen molar-refractivity contribution >= 4 is 27.4 Å². The van der Waals surface area contributed by atoms with E-state index < -0.39 is 0 Å². The van der Waals surface area contributed by atoms with Crippen LogP contribution in [0.15, 0.2) is 12.4 Å². The zero-order valence-electron chi connectivity index (χ0n) is 13.7. The number of H-pyrrole nitrogens is 1. The van der Waals surface area contributed by atoms with Gasteiger partial charge in [0.1, 0.15) is 28.9 Å². The number of anilines is 1. The number of aromatic amines is 1. The first kappa shape index (κ1) is 15.5. The second-order valence-corrected chi connectivity index (χ2v) is 7.12. The zero-order valence-corrected chi connectivity index (χ0v) is 14.6. The molecule has 0 bridgehead atoms. The second-order valence-electron chi connectivity index (χ2n) is 6.01. The van der Waals surface area contributed by atoms with Gasteiger partial charge in [0.15, 0.2) is 5.82 Å². The van der Waals surface area contributed by atoms with Crippen LogP contribution in [0.2, 0.25) is 0 Å². The molecule has 0 saturated carbocycles. The maximum atomic E-state index is 5.85. The lowest BCUT2D eigenvalue weighted by atomic mass is 10.0. The van der Waals surface area contributed by atoms with Crippen LogP contribution in [0.25, 0.3) is 10.2 Å². The molecule has 1 aliphatic heterocycles. The summed E-state index contributed by atoms with van der Waals surface area (Å²) in [6.07, 6.45) is 3.57. The minimum Gasteiger partial charge on any atom is -0.370 e. The third kappa shape index (κ3) is 2.87. The molecule has 1 aliphatic rings. The maximum Gasteiger partial charge on any atom is 0.179 e. The number of nitrogens with one attached hydrogen (secondary N) is 2. The summed E-state index contributed by atoms with van der Waals surface area (Å²) < 4.78 is 5.85. The molecule has 24 heavy (non-hydrogen) atoms. The fourth-order valence-electron chi connectivity index (χ4n) is 3.06. The average Bonchev–Trinajstić information content (AvgIpc) is 3.31. The van der Waals surface area contributed by atoms with E-state index >= 15 is 0 Å². The Morgan fingerprint density at radius 1 is 1.42 bits per heavy atom. The molecule has 4 heterocycles. The number of fused-ring (bicyclic) bond motifs is 1. The summed E-state index contributed by atoms with van der Waals surface area (Å²) in [6.45, 7) is 5.58. The van der Waals surface area contributed by atoms with Crippen LogP contribution >= 0.6 is 11.3 Å². The van der Waals surface area contributed by atoms with Crippen molar-refractivity contribution in [2.45, 2.75) is 32.8 Å². The molecular weight excluding hydrogens is 324 g/mol. The van der Waals surface area contributed by atoms with Crippen LogP contribution in [0.5, 0.6) is 0 Å². The van der Waals surface area contributed by atoms with Gasteiger partial charge < -0.3 is 10.1 Å².